The van der Waals surface area contributed by atoms with Crippen LogP contribution in [0, 0.1) is 0 Å². The molecule has 1 N–H and O–H groups in total. The average Bonchev–Trinajstić information content (AvgIpc) is 2.85. The van der Waals surface area contributed by atoms with E-state index in [1.54, 1.807) is 6.07 Å². The molecule has 4 heteroatoms. The van der Waals surface area contributed by atoms with E-state index in [2.05, 4.69) is 12.1 Å². The Hall–Kier alpha value is -1.81. The van der Waals surface area contributed by atoms with E-state index in [1.165, 1.54) is 0 Å². The van der Waals surface area contributed by atoms with E-state index in [9.17, 15) is 0 Å². The molecule has 1 aromatic carbocycles. The van der Waals surface area contributed by atoms with Crippen LogP contribution >= 0.6 is 0 Å². The van der Waals surface area contributed by atoms with Gasteiger partial charge in [-0.1, -0.05) is 24.2 Å². The average molecular weight is 233 g/mol. The summed E-state index contributed by atoms with van der Waals surface area (Å²) in [5.74, 6) is 1.28. The van der Waals surface area contributed by atoms with Gasteiger partial charge in [0.15, 0.2) is 5.76 Å². The summed E-state index contributed by atoms with van der Waals surface area (Å²) >= 11 is 0. The predicted molar refractivity (Wildman–Crippen MR) is 63.6 cm³/mol. The molecule has 1 aromatic heterocycles. The molecule has 0 atom stereocenters. The van der Waals surface area contributed by atoms with Crippen molar-refractivity contribution in [3.05, 3.63) is 36.1 Å². The Morgan fingerprint density at radius 1 is 1.35 bits per heavy atom. The molecule has 0 saturated carbocycles. The quantitative estimate of drug-likeness (QED) is 0.862. The Balaban J connectivity index is 2.20. The van der Waals surface area contributed by atoms with Crippen LogP contribution in [0.15, 0.2) is 34.9 Å². The number of benzene rings is 1. The van der Waals surface area contributed by atoms with E-state index in [4.69, 9.17) is 14.4 Å². The second-order valence-electron chi connectivity index (χ2n) is 3.71. The Morgan fingerprint density at radius 2 is 2.24 bits per heavy atom. The summed E-state index contributed by atoms with van der Waals surface area (Å²) in [6, 6.07) is 9.38. The van der Waals surface area contributed by atoms with E-state index in [0.29, 0.717) is 18.1 Å². The van der Waals surface area contributed by atoms with E-state index in [0.717, 1.165) is 17.7 Å². The number of aliphatic hydroxyl groups excluding tert-OH is 1. The zero-order chi connectivity index (χ0) is 12.1. The molecule has 0 amide bonds. The van der Waals surface area contributed by atoms with Crippen molar-refractivity contribution in [1.29, 1.82) is 0 Å². The zero-order valence-electron chi connectivity index (χ0n) is 9.72. The van der Waals surface area contributed by atoms with Crippen LogP contribution in [-0.4, -0.2) is 16.9 Å². The lowest BCUT2D eigenvalue weighted by Crippen LogP contribution is -1.94. The van der Waals surface area contributed by atoms with Gasteiger partial charge in [-0.25, -0.2) is 0 Å². The Bertz CT molecular complexity index is 479. The molecular formula is C13H15NO3. The number of aromatic nitrogens is 1. The first-order valence-corrected chi connectivity index (χ1v) is 5.63. The minimum atomic E-state index is -0.140. The molecule has 0 bridgehead atoms. The first kappa shape index (κ1) is 11.7. The van der Waals surface area contributed by atoms with Crippen LogP contribution in [0.5, 0.6) is 5.75 Å². The van der Waals surface area contributed by atoms with Crippen LogP contribution in [0.2, 0.25) is 0 Å². The summed E-state index contributed by atoms with van der Waals surface area (Å²) in [4.78, 5) is 0. The van der Waals surface area contributed by atoms with Crippen LogP contribution in [0.3, 0.4) is 0 Å². The molecule has 2 aromatic rings. The molecule has 0 aliphatic heterocycles. The predicted octanol–water partition coefficient (Wildman–Crippen LogP) is 2.62. The molecule has 0 aliphatic rings. The molecular weight excluding hydrogens is 218 g/mol. The summed E-state index contributed by atoms with van der Waals surface area (Å²) in [7, 11) is 0. The van der Waals surface area contributed by atoms with Crippen LogP contribution in [0.25, 0.3) is 11.3 Å². The molecule has 0 spiro atoms. The van der Waals surface area contributed by atoms with E-state index in [-0.39, 0.29) is 6.61 Å². The third kappa shape index (κ3) is 2.85. The zero-order valence-corrected chi connectivity index (χ0v) is 9.72. The molecule has 2 rings (SSSR count). The van der Waals surface area contributed by atoms with Gasteiger partial charge >= 0.3 is 0 Å². The maximum Gasteiger partial charge on any atom is 0.162 e. The highest BCUT2D eigenvalue weighted by atomic mass is 16.5. The van der Waals surface area contributed by atoms with Crippen molar-refractivity contribution in [2.45, 2.75) is 20.0 Å². The standard InChI is InChI=1S/C13H15NO3/c1-2-6-16-11-5-3-4-10(7-11)13-8-12(9-15)17-14-13/h3-5,7-8,15H,2,6,9H2,1H3. The number of nitrogens with zero attached hydrogens (tertiary/aromatic N) is 1. The Kier molecular flexibility index (Phi) is 3.77. The van der Waals surface area contributed by atoms with E-state index >= 15 is 0 Å². The van der Waals surface area contributed by atoms with Crippen LogP contribution < -0.4 is 4.74 Å². The number of ether oxygens (including phenoxy) is 1. The maximum atomic E-state index is 8.91. The normalized spacial score (nSPS) is 10.5. The van der Waals surface area contributed by atoms with Crippen molar-refractivity contribution in [3.8, 4) is 17.0 Å². The number of aliphatic hydroxyl groups is 1. The molecule has 0 aliphatic carbocycles. The number of hydrogen-bond acceptors (Lipinski definition) is 4. The van der Waals surface area contributed by atoms with Crippen molar-refractivity contribution in [1.82, 2.24) is 5.16 Å². The second-order valence-corrected chi connectivity index (χ2v) is 3.71. The van der Waals surface area contributed by atoms with Crippen LogP contribution in [0.4, 0.5) is 0 Å². The lowest BCUT2D eigenvalue weighted by Gasteiger charge is -2.05. The van der Waals surface area contributed by atoms with Crippen LogP contribution in [-0.2, 0) is 6.61 Å². The summed E-state index contributed by atoms with van der Waals surface area (Å²) in [5.41, 5.74) is 1.62. The first-order valence-electron chi connectivity index (χ1n) is 5.63. The van der Waals surface area contributed by atoms with Crippen LogP contribution in [0.1, 0.15) is 19.1 Å². The number of hydrogen-bond donors (Lipinski definition) is 1. The highest BCUT2D eigenvalue weighted by Crippen LogP contribution is 2.23. The molecule has 0 saturated heterocycles. The minimum Gasteiger partial charge on any atom is -0.494 e. The molecule has 17 heavy (non-hydrogen) atoms. The van der Waals surface area contributed by atoms with Gasteiger partial charge in [0.1, 0.15) is 18.1 Å². The fourth-order valence-corrected chi connectivity index (χ4v) is 1.49. The minimum absolute atomic E-state index is 0.140. The van der Waals surface area contributed by atoms with Gasteiger partial charge in [-0.2, -0.15) is 0 Å². The fraction of sp³-hybridized carbons (Fsp3) is 0.308. The lowest BCUT2D eigenvalue weighted by atomic mass is 10.1. The molecule has 0 unspecified atom stereocenters. The molecule has 0 radical (unpaired) electrons. The molecule has 1 heterocycles. The summed E-state index contributed by atoms with van der Waals surface area (Å²) < 4.78 is 10.5. The van der Waals surface area contributed by atoms with Gasteiger partial charge in [0.05, 0.1) is 6.61 Å². The first-order chi connectivity index (χ1) is 8.33. The van der Waals surface area contributed by atoms with Crippen molar-refractivity contribution < 1.29 is 14.4 Å². The van der Waals surface area contributed by atoms with Crippen molar-refractivity contribution >= 4 is 0 Å². The SMILES string of the molecule is CCCOc1cccc(-c2cc(CO)on2)c1. The van der Waals surface area contributed by atoms with Gasteiger partial charge in [-0.3, -0.25) is 0 Å². The molecule has 0 fully saturated rings. The Labute approximate surface area is 99.8 Å². The van der Waals surface area contributed by atoms with Gasteiger partial charge in [0.25, 0.3) is 0 Å². The summed E-state index contributed by atoms with van der Waals surface area (Å²) in [5, 5.41) is 12.8. The van der Waals surface area contributed by atoms with Gasteiger partial charge in [0, 0.05) is 11.6 Å². The highest BCUT2D eigenvalue weighted by Gasteiger charge is 2.06. The third-order valence-electron chi connectivity index (χ3n) is 2.32. The van der Waals surface area contributed by atoms with E-state index in [1.807, 2.05) is 24.3 Å². The molecule has 90 valence electrons. The summed E-state index contributed by atoms with van der Waals surface area (Å²) in [6.45, 7) is 2.62. The third-order valence-corrected chi connectivity index (χ3v) is 2.32. The summed E-state index contributed by atoms with van der Waals surface area (Å²) in [6.07, 6.45) is 0.975. The fourth-order valence-electron chi connectivity index (χ4n) is 1.49. The number of rotatable bonds is 5. The molecule has 4 nitrogen and oxygen atoms in total. The van der Waals surface area contributed by atoms with E-state index < -0.39 is 0 Å². The highest BCUT2D eigenvalue weighted by molar-refractivity contribution is 5.60. The van der Waals surface area contributed by atoms with Gasteiger partial charge in [-0.15, -0.1) is 0 Å². The monoisotopic (exact) mass is 233 g/mol. The topological polar surface area (TPSA) is 55.5 Å². The van der Waals surface area contributed by atoms with Gasteiger partial charge in [0.2, 0.25) is 0 Å². The lowest BCUT2D eigenvalue weighted by molar-refractivity contribution is 0.229. The largest absolute Gasteiger partial charge is 0.494 e. The van der Waals surface area contributed by atoms with Gasteiger partial charge < -0.3 is 14.4 Å². The Morgan fingerprint density at radius 3 is 2.94 bits per heavy atom. The maximum absolute atomic E-state index is 8.91. The van der Waals surface area contributed by atoms with Crippen molar-refractivity contribution in [2.24, 2.45) is 0 Å². The smallest absolute Gasteiger partial charge is 0.162 e. The second kappa shape index (κ2) is 5.50. The van der Waals surface area contributed by atoms with Crippen molar-refractivity contribution in [3.63, 3.8) is 0 Å². The van der Waals surface area contributed by atoms with Gasteiger partial charge in [-0.05, 0) is 18.6 Å². The van der Waals surface area contributed by atoms with Crippen molar-refractivity contribution in [2.75, 3.05) is 6.61 Å².